The van der Waals surface area contributed by atoms with Gasteiger partial charge in [0, 0.05) is 9.40 Å². The molecular weight excluding hydrogens is 497 g/mol. The highest BCUT2D eigenvalue weighted by Gasteiger charge is 2.03. The summed E-state index contributed by atoms with van der Waals surface area (Å²) in [5, 5.41) is 2.49. The molecule has 6 rings (SSSR count). The monoisotopic (exact) mass is 522 g/mol. The van der Waals surface area contributed by atoms with Crippen LogP contribution >= 0.6 is 22.7 Å². The van der Waals surface area contributed by atoms with Gasteiger partial charge in [-0.1, -0.05) is 108 Å². The summed E-state index contributed by atoms with van der Waals surface area (Å²) >= 11 is 3.51. The average Bonchev–Trinajstić information content (AvgIpc) is 3.54. The van der Waals surface area contributed by atoms with Crippen LogP contribution in [0.25, 0.3) is 44.5 Å². The molecule has 38 heavy (non-hydrogen) atoms. The van der Waals surface area contributed by atoms with Gasteiger partial charge < -0.3 is 0 Å². The average molecular weight is 523 g/mol. The summed E-state index contributed by atoms with van der Waals surface area (Å²) in [5.41, 5.74) is 7.40. The molecule has 182 valence electrons. The standard InChI is InChI=1S/C36H26S2/c1-25-3-7-27(8-4-25)11-13-29-15-17-31-23-33(37-35(31)21-29)19-20-34-24-32-18-16-30(22-36(32)38-34)14-12-28-9-5-26(2)6-10-28/h3-18,21-24H,1-2H3. The summed E-state index contributed by atoms with van der Waals surface area (Å²) < 4.78 is 2.53. The Morgan fingerprint density at radius 1 is 0.447 bits per heavy atom. The summed E-state index contributed by atoms with van der Waals surface area (Å²) in [7, 11) is 0. The fourth-order valence-corrected chi connectivity index (χ4v) is 6.22. The zero-order valence-corrected chi connectivity index (χ0v) is 23.0. The Kier molecular flexibility index (Phi) is 6.80. The fraction of sp³-hybridized carbons (Fsp3) is 0.0556. The Morgan fingerprint density at radius 3 is 1.24 bits per heavy atom. The van der Waals surface area contributed by atoms with Gasteiger partial charge >= 0.3 is 0 Å². The molecule has 0 unspecified atom stereocenters. The molecule has 0 spiro atoms. The normalized spacial score (nSPS) is 11.5. The highest BCUT2D eigenvalue weighted by atomic mass is 32.1. The van der Waals surface area contributed by atoms with E-state index in [1.54, 1.807) is 22.7 Å². The minimum atomic E-state index is 1.10. The Bertz CT molecular complexity index is 1720. The number of hydrogen-bond donors (Lipinski definition) is 0. The van der Waals surface area contributed by atoms with Crippen LogP contribution in [0.1, 0.15) is 43.1 Å². The van der Waals surface area contributed by atoms with E-state index >= 15 is 0 Å². The predicted octanol–water partition coefficient (Wildman–Crippen LogP) is 10.5. The second-order valence-electron chi connectivity index (χ2n) is 9.55. The van der Waals surface area contributed by atoms with Crippen LogP contribution in [0.15, 0.2) is 97.1 Å². The highest BCUT2D eigenvalue weighted by molar-refractivity contribution is 7.20. The number of benzene rings is 4. The van der Waals surface area contributed by atoms with Gasteiger partial charge in [0.15, 0.2) is 0 Å². The van der Waals surface area contributed by atoms with Crippen LogP contribution in [0, 0.1) is 25.7 Å². The Balaban J connectivity index is 1.19. The zero-order chi connectivity index (χ0) is 25.9. The lowest BCUT2D eigenvalue weighted by Crippen LogP contribution is -1.74. The van der Waals surface area contributed by atoms with Gasteiger partial charge in [-0.15, -0.1) is 22.7 Å². The van der Waals surface area contributed by atoms with Crippen molar-refractivity contribution in [3.05, 3.63) is 140 Å². The molecule has 0 radical (unpaired) electrons. The maximum Gasteiger partial charge on any atom is 0.0785 e. The number of aryl methyl sites for hydroxylation is 2. The van der Waals surface area contributed by atoms with Gasteiger partial charge in [-0.2, -0.15) is 0 Å². The maximum atomic E-state index is 3.41. The van der Waals surface area contributed by atoms with Crippen LogP contribution in [-0.2, 0) is 0 Å². The van der Waals surface area contributed by atoms with E-state index in [9.17, 15) is 0 Å². The molecule has 0 saturated heterocycles. The zero-order valence-electron chi connectivity index (χ0n) is 21.4. The van der Waals surface area contributed by atoms with Gasteiger partial charge in [-0.3, -0.25) is 0 Å². The minimum Gasteiger partial charge on any atom is -0.127 e. The molecular formula is C36H26S2. The van der Waals surface area contributed by atoms with Gasteiger partial charge in [0.05, 0.1) is 9.75 Å². The van der Waals surface area contributed by atoms with Gasteiger partial charge in [0.1, 0.15) is 0 Å². The summed E-state index contributed by atoms with van der Waals surface area (Å²) in [6, 6.07) is 34.8. The van der Waals surface area contributed by atoms with Crippen molar-refractivity contribution in [2.45, 2.75) is 13.8 Å². The maximum absolute atomic E-state index is 3.41. The van der Waals surface area contributed by atoms with Crippen LogP contribution in [0.3, 0.4) is 0 Å². The molecule has 0 amide bonds. The van der Waals surface area contributed by atoms with Crippen LogP contribution in [0.2, 0.25) is 0 Å². The van der Waals surface area contributed by atoms with E-state index in [4.69, 9.17) is 0 Å². The minimum absolute atomic E-state index is 1.10. The van der Waals surface area contributed by atoms with E-state index < -0.39 is 0 Å². The van der Waals surface area contributed by atoms with Gasteiger partial charge in [0.2, 0.25) is 0 Å². The van der Waals surface area contributed by atoms with Crippen LogP contribution in [0.4, 0.5) is 0 Å². The molecule has 0 aliphatic carbocycles. The van der Waals surface area contributed by atoms with E-state index in [2.05, 4.69) is 147 Å². The van der Waals surface area contributed by atoms with E-state index in [-0.39, 0.29) is 0 Å². The van der Waals surface area contributed by atoms with Crippen molar-refractivity contribution in [2.75, 3.05) is 0 Å². The quantitative estimate of drug-likeness (QED) is 0.160. The fourth-order valence-electron chi connectivity index (χ4n) is 4.29. The van der Waals surface area contributed by atoms with Crippen molar-refractivity contribution in [3.8, 4) is 11.8 Å². The van der Waals surface area contributed by atoms with Crippen molar-refractivity contribution < 1.29 is 0 Å². The van der Waals surface area contributed by atoms with Gasteiger partial charge in [-0.25, -0.2) is 0 Å². The summed E-state index contributed by atoms with van der Waals surface area (Å²) in [6.45, 7) is 4.23. The second kappa shape index (κ2) is 10.7. The molecule has 2 aromatic heterocycles. The van der Waals surface area contributed by atoms with Crippen LogP contribution < -0.4 is 0 Å². The molecule has 6 aromatic rings. The molecule has 0 saturated carbocycles. The molecule has 0 aliphatic heterocycles. The number of thiophene rings is 2. The Hall–Kier alpha value is -4.16. The first kappa shape index (κ1) is 24.2. The third-order valence-corrected chi connectivity index (χ3v) is 8.51. The van der Waals surface area contributed by atoms with E-state index in [1.165, 1.54) is 53.6 Å². The van der Waals surface area contributed by atoms with Crippen molar-refractivity contribution in [3.63, 3.8) is 0 Å². The first-order valence-corrected chi connectivity index (χ1v) is 14.3. The molecule has 0 N–H and O–H groups in total. The third-order valence-electron chi connectivity index (χ3n) is 6.49. The molecule has 4 aromatic carbocycles. The predicted molar refractivity (Wildman–Crippen MR) is 170 cm³/mol. The van der Waals surface area contributed by atoms with Crippen molar-refractivity contribution in [2.24, 2.45) is 0 Å². The first-order chi connectivity index (χ1) is 18.6. The molecule has 0 nitrogen and oxygen atoms in total. The van der Waals surface area contributed by atoms with Crippen LogP contribution in [0.5, 0.6) is 0 Å². The smallest absolute Gasteiger partial charge is 0.0785 e. The largest absolute Gasteiger partial charge is 0.127 e. The second-order valence-corrected chi connectivity index (χ2v) is 11.7. The molecule has 0 bridgehead atoms. The lowest BCUT2D eigenvalue weighted by molar-refractivity contribution is 1.46. The SMILES string of the molecule is Cc1ccc(C=Cc2ccc3cc(C#Cc4cc5ccc(C=Cc6ccc(C)cc6)cc5s4)sc3c2)cc1. The van der Waals surface area contributed by atoms with E-state index in [0.29, 0.717) is 0 Å². The van der Waals surface area contributed by atoms with Crippen molar-refractivity contribution >= 4 is 67.1 Å². The van der Waals surface area contributed by atoms with Gasteiger partial charge in [0.25, 0.3) is 0 Å². The van der Waals surface area contributed by atoms with Crippen LogP contribution in [-0.4, -0.2) is 0 Å². The molecule has 2 heterocycles. The number of fused-ring (bicyclic) bond motifs is 2. The molecule has 2 heteroatoms. The Morgan fingerprint density at radius 2 is 0.816 bits per heavy atom. The molecule has 0 fully saturated rings. The Labute approximate surface area is 232 Å². The summed E-state index contributed by atoms with van der Waals surface area (Å²) in [5.74, 6) is 6.81. The number of hydrogen-bond acceptors (Lipinski definition) is 2. The van der Waals surface area contributed by atoms with E-state index in [0.717, 1.165) is 9.75 Å². The van der Waals surface area contributed by atoms with E-state index in [1.807, 2.05) is 0 Å². The topological polar surface area (TPSA) is 0 Å². The van der Waals surface area contributed by atoms with Crippen molar-refractivity contribution in [1.29, 1.82) is 0 Å². The van der Waals surface area contributed by atoms with Crippen molar-refractivity contribution in [1.82, 2.24) is 0 Å². The van der Waals surface area contributed by atoms with Gasteiger partial charge in [-0.05, 0) is 83.0 Å². The lowest BCUT2D eigenvalue weighted by Gasteiger charge is -1.96. The molecule has 0 aliphatic rings. The summed E-state index contributed by atoms with van der Waals surface area (Å²) in [6.07, 6.45) is 8.69. The highest BCUT2D eigenvalue weighted by Crippen LogP contribution is 2.29. The lowest BCUT2D eigenvalue weighted by atomic mass is 10.1. The first-order valence-electron chi connectivity index (χ1n) is 12.7. The molecule has 0 atom stereocenters. The number of rotatable bonds is 4. The summed E-state index contributed by atoms with van der Waals surface area (Å²) in [4.78, 5) is 2.19. The third kappa shape index (κ3) is 5.71.